The van der Waals surface area contributed by atoms with Gasteiger partial charge in [-0.1, -0.05) is 13.0 Å². The lowest BCUT2D eigenvalue weighted by Gasteiger charge is -2.33. The van der Waals surface area contributed by atoms with E-state index in [1.165, 1.54) is 12.8 Å². The van der Waals surface area contributed by atoms with Crippen LogP contribution in [0.1, 0.15) is 32.3 Å². The molecule has 0 bridgehead atoms. The molecule has 1 fully saturated rings. The molecule has 2 heterocycles. The molecule has 0 aliphatic carbocycles. The molecule has 1 saturated heterocycles. The van der Waals surface area contributed by atoms with Gasteiger partial charge in [0.1, 0.15) is 5.82 Å². The van der Waals surface area contributed by atoms with Gasteiger partial charge in [0.25, 0.3) is 0 Å². The van der Waals surface area contributed by atoms with Gasteiger partial charge in [-0.2, -0.15) is 0 Å². The van der Waals surface area contributed by atoms with Gasteiger partial charge in [-0.05, 0) is 31.7 Å². The molecule has 1 aromatic rings. The summed E-state index contributed by atoms with van der Waals surface area (Å²) in [5.74, 6) is 2.77. The zero-order valence-electron chi connectivity index (χ0n) is 14.3. The lowest BCUT2D eigenvalue weighted by molar-refractivity contribution is 0.266. The Kier molecular flexibility index (Phi) is 6.04. The highest BCUT2D eigenvalue weighted by Gasteiger charge is 2.19. The van der Waals surface area contributed by atoms with E-state index in [0.29, 0.717) is 6.54 Å². The summed E-state index contributed by atoms with van der Waals surface area (Å²) in [7, 11) is 4.04. The van der Waals surface area contributed by atoms with Crippen LogP contribution in [0.4, 0.5) is 5.82 Å². The average molecular weight is 303 g/mol. The van der Waals surface area contributed by atoms with E-state index in [2.05, 4.69) is 35.1 Å². The van der Waals surface area contributed by atoms with Crippen LogP contribution in [0.2, 0.25) is 0 Å². The predicted octanol–water partition coefficient (Wildman–Crippen LogP) is 2.34. The number of nitrogens with zero attached hydrogens (tertiary/aromatic N) is 4. The van der Waals surface area contributed by atoms with Crippen molar-refractivity contribution in [2.75, 3.05) is 38.6 Å². The smallest absolute Gasteiger partial charge is 0.194 e. The Morgan fingerprint density at radius 1 is 1.50 bits per heavy atom. The maximum absolute atomic E-state index is 4.85. The Balaban J connectivity index is 2.13. The predicted molar refractivity (Wildman–Crippen MR) is 93.4 cm³/mol. The molecule has 5 heteroatoms. The minimum Gasteiger partial charge on any atom is -0.362 e. The fourth-order valence-corrected chi connectivity index (χ4v) is 2.92. The third kappa shape index (κ3) is 4.36. The van der Waals surface area contributed by atoms with Crippen LogP contribution in [0.3, 0.4) is 0 Å². The topological polar surface area (TPSA) is 43.8 Å². The third-order valence-electron chi connectivity index (χ3n) is 3.98. The molecule has 1 aliphatic heterocycles. The van der Waals surface area contributed by atoms with Crippen LogP contribution < -0.4 is 10.2 Å². The summed E-state index contributed by atoms with van der Waals surface area (Å²) in [4.78, 5) is 13.7. The van der Waals surface area contributed by atoms with Crippen LogP contribution >= 0.6 is 0 Å². The normalized spacial score (nSPS) is 19.2. The number of likely N-dealkylation sites (tertiary alicyclic amines) is 1. The number of aliphatic imine (C=N–C) groups is 1. The molecule has 0 saturated carbocycles. The Bertz CT molecular complexity index is 498. The molecular formula is C17H29N5. The molecule has 0 radical (unpaired) electrons. The van der Waals surface area contributed by atoms with Crippen LogP contribution in [0, 0.1) is 5.92 Å². The molecule has 1 aliphatic rings. The first-order chi connectivity index (χ1) is 10.6. The summed E-state index contributed by atoms with van der Waals surface area (Å²) in [5.41, 5.74) is 1.16. The minimum atomic E-state index is 0.661. The van der Waals surface area contributed by atoms with Gasteiger partial charge in [-0.3, -0.25) is 0 Å². The lowest BCUT2D eigenvalue weighted by Crippen LogP contribution is -2.46. The van der Waals surface area contributed by atoms with Crippen LogP contribution in [-0.2, 0) is 6.54 Å². The SMILES string of the molecule is CCNC(=NCc1cccnc1N(C)C)N1CCCC(C)C1. The number of hydrogen-bond donors (Lipinski definition) is 1. The van der Waals surface area contributed by atoms with Gasteiger partial charge < -0.3 is 15.1 Å². The van der Waals surface area contributed by atoms with Crippen molar-refractivity contribution in [3.63, 3.8) is 0 Å². The molecule has 0 aromatic carbocycles. The highest BCUT2D eigenvalue weighted by molar-refractivity contribution is 5.80. The van der Waals surface area contributed by atoms with Crippen LogP contribution in [0.25, 0.3) is 0 Å². The van der Waals surface area contributed by atoms with E-state index < -0.39 is 0 Å². The van der Waals surface area contributed by atoms with Crippen molar-refractivity contribution in [3.05, 3.63) is 23.9 Å². The van der Waals surface area contributed by atoms with E-state index in [0.717, 1.165) is 42.9 Å². The number of guanidine groups is 1. The Morgan fingerprint density at radius 3 is 3.00 bits per heavy atom. The Labute approximate surface area is 134 Å². The Morgan fingerprint density at radius 2 is 2.32 bits per heavy atom. The van der Waals surface area contributed by atoms with E-state index in [9.17, 15) is 0 Å². The van der Waals surface area contributed by atoms with Crippen molar-refractivity contribution in [1.82, 2.24) is 15.2 Å². The highest BCUT2D eigenvalue weighted by Crippen LogP contribution is 2.18. The first kappa shape index (κ1) is 16.6. The second-order valence-corrected chi connectivity index (χ2v) is 6.24. The molecule has 1 aromatic heterocycles. The van der Waals surface area contributed by atoms with E-state index in [1.807, 2.05) is 31.3 Å². The van der Waals surface area contributed by atoms with Crippen molar-refractivity contribution in [3.8, 4) is 0 Å². The van der Waals surface area contributed by atoms with Crippen molar-refractivity contribution in [2.45, 2.75) is 33.2 Å². The van der Waals surface area contributed by atoms with Crippen LogP contribution in [0.5, 0.6) is 0 Å². The van der Waals surface area contributed by atoms with E-state index in [1.54, 1.807) is 0 Å². The molecule has 22 heavy (non-hydrogen) atoms. The van der Waals surface area contributed by atoms with E-state index in [4.69, 9.17) is 4.99 Å². The second-order valence-electron chi connectivity index (χ2n) is 6.24. The average Bonchev–Trinajstić information content (AvgIpc) is 2.51. The molecule has 122 valence electrons. The summed E-state index contributed by atoms with van der Waals surface area (Å²) in [6, 6.07) is 4.09. The number of nitrogens with one attached hydrogen (secondary N) is 1. The summed E-state index contributed by atoms with van der Waals surface area (Å²) in [6.07, 6.45) is 4.41. The standard InChI is InChI=1S/C17H29N5/c1-5-18-17(22-11-7-8-14(2)13-22)20-12-15-9-6-10-19-16(15)21(3)4/h6,9-10,14H,5,7-8,11-13H2,1-4H3,(H,18,20). The number of pyridine rings is 1. The molecule has 2 rings (SSSR count). The molecule has 0 spiro atoms. The minimum absolute atomic E-state index is 0.661. The fourth-order valence-electron chi connectivity index (χ4n) is 2.92. The highest BCUT2D eigenvalue weighted by atomic mass is 15.3. The van der Waals surface area contributed by atoms with Gasteiger partial charge in [0.05, 0.1) is 6.54 Å². The molecule has 1 unspecified atom stereocenters. The quantitative estimate of drug-likeness (QED) is 0.685. The van der Waals surface area contributed by atoms with Gasteiger partial charge >= 0.3 is 0 Å². The number of anilines is 1. The monoisotopic (exact) mass is 303 g/mol. The van der Waals surface area contributed by atoms with Crippen molar-refractivity contribution < 1.29 is 0 Å². The first-order valence-electron chi connectivity index (χ1n) is 8.26. The second kappa shape index (κ2) is 8.01. The largest absolute Gasteiger partial charge is 0.362 e. The van der Waals surface area contributed by atoms with E-state index >= 15 is 0 Å². The summed E-state index contributed by atoms with van der Waals surface area (Å²) in [6.45, 7) is 8.20. The first-order valence-corrected chi connectivity index (χ1v) is 8.26. The maximum Gasteiger partial charge on any atom is 0.194 e. The number of piperidine rings is 1. The number of aromatic nitrogens is 1. The number of hydrogen-bond acceptors (Lipinski definition) is 3. The maximum atomic E-state index is 4.85. The van der Waals surface area contributed by atoms with Gasteiger partial charge in [0.15, 0.2) is 5.96 Å². The zero-order chi connectivity index (χ0) is 15.9. The molecule has 0 amide bonds. The van der Waals surface area contributed by atoms with E-state index in [-0.39, 0.29) is 0 Å². The lowest BCUT2D eigenvalue weighted by atomic mass is 10.0. The number of rotatable bonds is 4. The van der Waals surface area contributed by atoms with Gasteiger partial charge in [-0.25, -0.2) is 9.98 Å². The molecule has 5 nitrogen and oxygen atoms in total. The zero-order valence-corrected chi connectivity index (χ0v) is 14.3. The summed E-state index contributed by atoms with van der Waals surface area (Å²) < 4.78 is 0. The molecular weight excluding hydrogens is 274 g/mol. The molecule has 1 N–H and O–H groups in total. The summed E-state index contributed by atoms with van der Waals surface area (Å²) in [5, 5.41) is 3.43. The van der Waals surface area contributed by atoms with Gasteiger partial charge in [0.2, 0.25) is 0 Å². The fraction of sp³-hybridized carbons (Fsp3) is 0.647. The van der Waals surface area contributed by atoms with Crippen molar-refractivity contribution in [2.24, 2.45) is 10.9 Å². The third-order valence-corrected chi connectivity index (χ3v) is 3.98. The van der Waals surface area contributed by atoms with Gasteiger partial charge in [-0.15, -0.1) is 0 Å². The van der Waals surface area contributed by atoms with Crippen LogP contribution in [-0.4, -0.2) is 49.6 Å². The molecule has 1 atom stereocenters. The van der Waals surface area contributed by atoms with Crippen molar-refractivity contribution in [1.29, 1.82) is 0 Å². The Hall–Kier alpha value is -1.78. The summed E-state index contributed by atoms with van der Waals surface area (Å²) >= 11 is 0. The van der Waals surface area contributed by atoms with Crippen LogP contribution in [0.15, 0.2) is 23.3 Å². The van der Waals surface area contributed by atoms with Gasteiger partial charge in [0, 0.05) is 45.5 Å². The van der Waals surface area contributed by atoms with Crippen molar-refractivity contribution >= 4 is 11.8 Å².